The number of ether oxygens (including phenoxy) is 3. The van der Waals surface area contributed by atoms with Gasteiger partial charge in [-0.2, -0.15) is 0 Å². The van der Waals surface area contributed by atoms with E-state index in [1.807, 2.05) is 77.4 Å². The minimum absolute atomic E-state index is 0.00607. The first-order valence-electron chi connectivity index (χ1n) is 15.9. The number of aryl methyl sites for hydroxylation is 1. The van der Waals surface area contributed by atoms with Gasteiger partial charge in [-0.1, -0.05) is 31.5 Å². The summed E-state index contributed by atoms with van der Waals surface area (Å²) in [5, 5.41) is 10.7. The molecule has 6 rings (SSSR count). The molecule has 4 heterocycles. The number of hydrogen-bond donors (Lipinski definition) is 1. The fraction of sp³-hybridized carbons (Fsp3) is 0.429. The summed E-state index contributed by atoms with van der Waals surface area (Å²) in [6, 6.07) is 14.7. The number of carboxylic acid groups (broad SMARTS) is 1. The zero-order chi connectivity index (χ0) is 32.4. The average molecular weight is 630 g/mol. The molecule has 46 heavy (non-hydrogen) atoms. The summed E-state index contributed by atoms with van der Waals surface area (Å²) >= 11 is 0. The number of amides is 2. The Morgan fingerprint density at radius 3 is 2.74 bits per heavy atom. The number of aliphatic carboxylic acids is 1. The van der Waals surface area contributed by atoms with Crippen molar-refractivity contribution in [3.05, 3.63) is 72.1 Å². The number of carbonyl (C=O) groups excluding carboxylic acids is 2. The van der Waals surface area contributed by atoms with Gasteiger partial charge in [0, 0.05) is 43.3 Å². The molecule has 2 amide bonds. The second-order valence-corrected chi connectivity index (χ2v) is 12.2. The highest BCUT2D eigenvalue weighted by atomic mass is 16.7. The van der Waals surface area contributed by atoms with Crippen molar-refractivity contribution in [2.75, 3.05) is 49.9 Å². The third-order valence-electron chi connectivity index (χ3n) is 9.33. The first-order valence-corrected chi connectivity index (χ1v) is 15.9. The molecule has 0 saturated carbocycles. The summed E-state index contributed by atoms with van der Waals surface area (Å²) in [6.45, 7) is 3.43. The van der Waals surface area contributed by atoms with Gasteiger partial charge < -0.3 is 29.1 Å². The zero-order valence-electron chi connectivity index (χ0n) is 26.6. The van der Waals surface area contributed by atoms with E-state index in [-0.39, 0.29) is 25.2 Å². The average Bonchev–Trinajstić information content (AvgIpc) is 3.74. The molecule has 1 fully saturated rings. The highest BCUT2D eigenvalue weighted by Gasteiger charge is 2.48. The first-order chi connectivity index (χ1) is 22.3. The van der Waals surface area contributed by atoms with E-state index in [4.69, 9.17) is 14.2 Å². The van der Waals surface area contributed by atoms with Crippen molar-refractivity contribution in [2.45, 2.75) is 44.6 Å². The number of aromatic nitrogens is 1. The number of carboxylic acids is 1. The third kappa shape index (κ3) is 6.11. The van der Waals surface area contributed by atoms with Crippen molar-refractivity contribution in [2.24, 2.45) is 13.0 Å². The number of benzene rings is 2. The second-order valence-electron chi connectivity index (χ2n) is 12.2. The van der Waals surface area contributed by atoms with Gasteiger partial charge in [0.2, 0.25) is 24.4 Å². The lowest BCUT2D eigenvalue weighted by Crippen LogP contribution is -2.46. The molecule has 3 aliphatic rings. The molecule has 0 bridgehead atoms. The van der Waals surface area contributed by atoms with E-state index in [9.17, 15) is 19.5 Å². The summed E-state index contributed by atoms with van der Waals surface area (Å²) < 4.78 is 18.8. The molecule has 242 valence electrons. The Kier molecular flexibility index (Phi) is 9.12. The van der Waals surface area contributed by atoms with Gasteiger partial charge in [-0.25, -0.2) is 4.57 Å². The molecule has 1 saturated heterocycles. The van der Waals surface area contributed by atoms with Crippen molar-refractivity contribution < 1.29 is 38.3 Å². The third-order valence-corrected chi connectivity index (χ3v) is 9.33. The quantitative estimate of drug-likeness (QED) is 0.303. The topological polar surface area (TPSA) is 113 Å². The smallest absolute Gasteiger partial charge is 0.308 e. The highest BCUT2D eigenvalue weighted by molar-refractivity contribution is 6.01. The van der Waals surface area contributed by atoms with Crippen LogP contribution in [0.5, 0.6) is 17.2 Å². The number of rotatable bonds is 12. The maximum absolute atomic E-state index is 14.1. The van der Waals surface area contributed by atoms with Gasteiger partial charge in [0.25, 0.3) is 0 Å². The van der Waals surface area contributed by atoms with Gasteiger partial charge in [-0.3, -0.25) is 19.3 Å². The second kappa shape index (κ2) is 13.4. The van der Waals surface area contributed by atoms with Gasteiger partial charge >= 0.3 is 5.97 Å². The number of carbonyl (C=O) groups is 3. The van der Waals surface area contributed by atoms with E-state index in [1.165, 1.54) is 7.11 Å². The standard InChI is InChI=1S/C35H40N4O7/c1-4-5-14-38(25-10-8-13-36(2)19-25)32(41)21-37-20-26(24-16-29(44-3)34-30(17-24)45-22-46-34)33(35(42)43)28(37)12-15-39-27-11-7-6-9-23(27)18-31(39)40/h6-11,13,16-17,19,26,28,33H,4-5,12,14-15,18,20-22H2,1-3H3/p+1/t26-,28+,33?/m1/s1. The van der Waals surface area contributed by atoms with E-state index in [1.54, 1.807) is 9.80 Å². The molecule has 1 unspecified atom stereocenters. The number of hydrogen-bond acceptors (Lipinski definition) is 7. The van der Waals surface area contributed by atoms with Crippen molar-refractivity contribution in [3.8, 4) is 17.2 Å². The van der Waals surface area contributed by atoms with Crippen LogP contribution in [0.15, 0.2) is 60.9 Å². The van der Waals surface area contributed by atoms with E-state index < -0.39 is 23.8 Å². The predicted molar refractivity (Wildman–Crippen MR) is 170 cm³/mol. The molecule has 1 N–H and O–H groups in total. The van der Waals surface area contributed by atoms with Gasteiger partial charge in [-0.05, 0) is 48.2 Å². The van der Waals surface area contributed by atoms with E-state index in [0.29, 0.717) is 49.7 Å². The number of pyridine rings is 1. The maximum Gasteiger partial charge on any atom is 0.308 e. The Labute approximate surface area is 268 Å². The Balaban J connectivity index is 1.33. The molecule has 11 nitrogen and oxygen atoms in total. The van der Waals surface area contributed by atoms with Crippen molar-refractivity contribution in [1.82, 2.24) is 4.90 Å². The van der Waals surface area contributed by atoms with Crippen LogP contribution >= 0.6 is 0 Å². The number of nitrogens with zero attached hydrogens (tertiary/aromatic N) is 4. The molecule has 3 atom stereocenters. The summed E-state index contributed by atoms with van der Waals surface area (Å²) in [6.07, 6.45) is 6.32. The fourth-order valence-electron chi connectivity index (χ4n) is 7.08. The van der Waals surface area contributed by atoms with Crippen molar-refractivity contribution in [1.29, 1.82) is 0 Å². The largest absolute Gasteiger partial charge is 0.493 e. The Hall–Kier alpha value is -4.64. The molecule has 3 aliphatic heterocycles. The summed E-state index contributed by atoms with van der Waals surface area (Å²) in [7, 11) is 3.46. The predicted octanol–water partition coefficient (Wildman–Crippen LogP) is 3.53. The monoisotopic (exact) mass is 629 g/mol. The van der Waals surface area contributed by atoms with Crippen LogP contribution in [0, 0.1) is 5.92 Å². The minimum Gasteiger partial charge on any atom is -0.493 e. The molecule has 3 aromatic rings. The van der Waals surface area contributed by atoms with E-state index >= 15 is 0 Å². The van der Waals surface area contributed by atoms with Gasteiger partial charge in [-0.15, -0.1) is 0 Å². The first kappa shape index (κ1) is 31.3. The Morgan fingerprint density at radius 2 is 1.98 bits per heavy atom. The van der Waals surface area contributed by atoms with Gasteiger partial charge in [0.15, 0.2) is 23.9 Å². The number of likely N-dealkylation sites (tertiary alicyclic amines) is 1. The molecular weight excluding hydrogens is 588 g/mol. The van der Waals surface area contributed by atoms with Crippen molar-refractivity contribution >= 4 is 29.2 Å². The summed E-state index contributed by atoms with van der Waals surface area (Å²) in [5.41, 5.74) is 3.37. The van der Waals surface area contributed by atoms with Crippen LogP contribution in [0.2, 0.25) is 0 Å². The normalized spacial score (nSPS) is 20.2. The molecule has 11 heteroatoms. The van der Waals surface area contributed by atoms with Crippen molar-refractivity contribution in [3.63, 3.8) is 0 Å². The van der Waals surface area contributed by atoms with Crippen LogP contribution in [-0.4, -0.2) is 73.9 Å². The molecule has 0 spiro atoms. The SMILES string of the molecule is CCCCN(C(=O)CN1C[C@H](c2cc(OC)c3c(c2)OCO3)C(C(=O)O)[C@@H]1CCN1C(=O)Cc2ccccc21)c1ccc[n+](C)c1. The highest BCUT2D eigenvalue weighted by Crippen LogP contribution is 2.47. The maximum atomic E-state index is 14.1. The van der Waals surface area contributed by atoms with Crippen LogP contribution in [-0.2, 0) is 27.9 Å². The molecule has 0 radical (unpaired) electrons. The number of anilines is 2. The van der Waals surface area contributed by atoms with Crippen LogP contribution in [0.4, 0.5) is 11.4 Å². The Morgan fingerprint density at radius 1 is 1.15 bits per heavy atom. The minimum atomic E-state index is -0.951. The van der Waals surface area contributed by atoms with Crippen LogP contribution < -0.4 is 28.6 Å². The van der Waals surface area contributed by atoms with Gasteiger partial charge in [0.1, 0.15) is 12.7 Å². The lowest BCUT2D eigenvalue weighted by molar-refractivity contribution is -0.670. The lowest BCUT2D eigenvalue weighted by Gasteiger charge is -2.30. The molecular formula is C35H41N4O7+. The van der Waals surface area contributed by atoms with Crippen LogP contribution in [0.3, 0.4) is 0 Å². The molecule has 2 aromatic carbocycles. The van der Waals surface area contributed by atoms with E-state index in [2.05, 4.69) is 6.92 Å². The van der Waals surface area contributed by atoms with E-state index in [0.717, 1.165) is 35.3 Å². The Bertz CT molecular complexity index is 1630. The van der Waals surface area contributed by atoms with Crippen LogP contribution in [0.25, 0.3) is 0 Å². The number of para-hydroxylation sites is 1. The number of fused-ring (bicyclic) bond motifs is 2. The molecule has 0 aliphatic carbocycles. The van der Waals surface area contributed by atoms with Gasteiger partial charge in [0.05, 0.1) is 26.0 Å². The lowest BCUT2D eigenvalue weighted by atomic mass is 9.84. The summed E-state index contributed by atoms with van der Waals surface area (Å²) in [5.74, 6) is -0.882. The number of methoxy groups -OCH3 is 1. The molecule has 1 aromatic heterocycles. The van der Waals surface area contributed by atoms with Crippen LogP contribution in [0.1, 0.15) is 43.2 Å². The fourth-order valence-corrected chi connectivity index (χ4v) is 7.08. The number of unbranched alkanes of at least 4 members (excludes halogenated alkanes) is 1. The zero-order valence-corrected chi connectivity index (χ0v) is 26.6. The summed E-state index contributed by atoms with van der Waals surface area (Å²) in [4.78, 5) is 45.8.